The highest BCUT2D eigenvalue weighted by molar-refractivity contribution is 5.69. The van der Waals surface area contributed by atoms with Crippen LogP contribution < -0.4 is 0 Å². The number of carbonyl (C=O) groups is 1. The first kappa shape index (κ1) is 30.3. The van der Waals surface area contributed by atoms with E-state index >= 15 is 0 Å². The lowest BCUT2D eigenvalue weighted by atomic mass is 9.99. The van der Waals surface area contributed by atoms with Crippen molar-refractivity contribution in [2.24, 2.45) is 5.41 Å². The van der Waals surface area contributed by atoms with Crippen molar-refractivity contribution in [3.63, 3.8) is 0 Å². The van der Waals surface area contributed by atoms with Crippen LogP contribution in [0, 0.1) is 5.41 Å². The van der Waals surface area contributed by atoms with Gasteiger partial charge in [0.25, 0.3) is 0 Å². The molecule has 0 aromatic heterocycles. The fraction of sp³-hybridized carbons (Fsp3) is 0.880. The third-order valence-corrected chi connectivity index (χ3v) is 4.41. The second kappa shape index (κ2) is 23.4. The predicted octanol–water partition coefficient (Wildman–Crippen LogP) is 6.58. The van der Waals surface area contributed by atoms with Gasteiger partial charge in [-0.15, -0.1) is 0 Å². The topological polar surface area (TPSA) is 66.8 Å². The van der Waals surface area contributed by atoms with Gasteiger partial charge >= 0.3 is 5.97 Å². The van der Waals surface area contributed by atoms with E-state index in [1.807, 2.05) is 0 Å². The van der Waals surface area contributed by atoms with Crippen LogP contribution in [0.1, 0.15) is 118 Å². The maximum absolute atomic E-state index is 11.6. The van der Waals surface area contributed by atoms with Crippen LogP contribution in [0.3, 0.4) is 0 Å². The van der Waals surface area contributed by atoms with E-state index in [1.165, 1.54) is 70.6 Å². The van der Waals surface area contributed by atoms with E-state index in [0.717, 1.165) is 12.8 Å². The van der Waals surface area contributed by atoms with E-state index in [9.17, 15) is 4.79 Å². The molecule has 0 atom stereocenters. The Hall–Kier alpha value is -0.870. The highest BCUT2D eigenvalue weighted by atomic mass is 16.5. The highest BCUT2D eigenvalue weighted by Crippen LogP contribution is 2.14. The van der Waals surface area contributed by atoms with Crippen molar-refractivity contribution in [3.05, 3.63) is 12.2 Å². The molecule has 0 aromatic rings. The molecule has 29 heavy (non-hydrogen) atoms. The third-order valence-electron chi connectivity index (χ3n) is 4.41. The largest absolute Gasteiger partial charge is 0.465 e. The van der Waals surface area contributed by atoms with Crippen molar-refractivity contribution in [1.29, 1.82) is 0 Å². The zero-order valence-corrected chi connectivity index (χ0v) is 19.9. The number of carbonyl (C=O) groups excluding carboxylic acids is 1. The van der Waals surface area contributed by atoms with Crippen LogP contribution in [0.4, 0.5) is 0 Å². The van der Waals surface area contributed by atoms with Gasteiger partial charge in [-0.05, 0) is 37.5 Å². The van der Waals surface area contributed by atoms with E-state index in [2.05, 4.69) is 39.8 Å². The lowest BCUT2D eigenvalue weighted by molar-refractivity contribution is -0.146. The summed E-state index contributed by atoms with van der Waals surface area (Å²) in [7, 11) is 0. The van der Waals surface area contributed by atoms with Gasteiger partial charge < -0.3 is 14.9 Å². The number of ether oxygens (including phenoxy) is 1. The SMILES string of the molecule is CCCCCCCC/C=C\CCCCCCCC(=O)OCC(C)(C)C.OCCO. The average molecular weight is 415 g/mol. The Morgan fingerprint density at radius 3 is 1.66 bits per heavy atom. The van der Waals surface area contributed by atoms with Gasteiger partial charge in [0.05, 0.1) is 19.8 Å². The van der Waals surface area contributed by atoms with Crippen LogP contribution >= 0.6 is 0 Å². The lowest BCUT2D eigenvalue weighted by Crippen LogP contribution is -2.18. The molecule has 0 amide bonds. The maximum Gasteiger partial charge on any atom is 0.305 e. The lowest BCUT2D eigenvalue weighted by Gasteiger charge is -2.17. The molecule has 0 heterocycles. The molecule has 4 nitrogen and oxygen atoms in total. The van der Waals surface area contributed by atoms with E-state index in [-0.39, 0.29) is 24.6 Å². The summed E-state index contributed by atoms with van der Waals surface area (Å²) in [6, 6.07) is 0. The molecule has 0 aliphatic rings. The quantitative estimate of drug-likeness (QED) is 0.160. The van der Waals surface area contributed by atoms with Gasteiger partial charge in [-0.2, -0.15) is 0 Å². The van der Waals surface area contributed by atoms with Crippen LogP contribution in [-0.2, 0) is 9.53 Å². The van der Waals surface area contributed by atoms with Crippen molar-refractivity contribution in [3.8, 4) is 0 Å². The molecule has 0 radical (unpaired) electrons. The van der Waals surface area contributed by atoms with Crippen LogP contribution in [0.5, 0.6) is 0 Å². The van der Waals surface area contributed by atoms with Gasteiger partial charge in [0.1, 0.15) is 0 Å². The molecular formula is C25H50O4. The number of aliphatic hydroxyl groups is 2. The minimum atomic E-state index is -0.125. The molecule has 174 valence electrons. The Bertz CT molecular complexity index is 356. The number of unbranched alkanes of at least 4 members (excludes halogenated alkanes) is 11. The number of hydrogen-bond acceptors (Lipinski definition) is 4. The van der Waals surface area contributed by atoms with Crippen molar-refractivity contribution in [2.75, 3.05) is 19.8 Å². The molecule has 0 bridgehead atoms. The van der Waals surface area contributed by atoms with E-state index in [1.54, 1.807) is 0 Å². The smallest absolute Gasteiger partial charge is 0.305 e. The van der Waals surface area contributed by atoms with Gasteiger partial charge in [-0.25, -0.2) is 0 Å². The van der Waals surface area contributed by atoms with E-state index in [4.69, 9.17) is 14.9 Å². The van der Waals surface area contributed by atoms with Gasteiger partial charge in [0, 0.05) is 6.42 Å². The van der Waals surface area contributed by atoms with Gasteiger partial charge in [-0.3, -0.25) is 4.79 Å². The van der Waals surface area contributed by atoms with Crippen molar-refractivity contribution < 1.29 is 19.7 Å². The first-order valence-electron chi connectivity index (χ1n) is 11.9. The normalized spacial score (nSPS) is 11.4. The molecule has 0 rings (SSSR count). The first-order valence-corrected chi connectivity index (χ1v) is 11.9. The minimum absolute atomic E-state index is 0.0347. The predicted molar refractivity (Wildman–Crippen MR) is 124 cm³/mol. The molecule has 0 spiro atoms. The molecule has 0 saturated heterocycles. The van der Waals surface area contributed by atoms with E-state index < -0.39 is 0 Å². The molecule has 0 aromatic carbocycles. The number of allylic oxidation sites excluding steroid dienone is 2. The second-order valence-corrected chi connectivity index (χ2v) is 9.00. The highest BCUT2D eigenvalue weighted by Gasteiger charge is 2.13. The van der Waals surface area contributed by atoms with Gasteiger partial charge in [0.15, 0.2) is 0 Å². The third kappa shape index (κ3) is 32.0. The molecule has 0 aliphatic carbocycles. The standard InChI is InChI=1S/C23H44O2.C2H6O2/c1-5-6-7-8-9-10-11-12-13-14-15-16-17-18-19-20-22(24)25-21-23(2,3)4;3-1-2-4/h12-13H,5-11,14-21H2,1-4H3;3-4H,1-2H2/b13-12-;. The molecule has 2 N–H and O–H groups in total. The molecular weight excluding hydrogens is 364 g/mol. The summed E-state index contributed by atoms with van der Waals surface area (Å²) >= 11 is 0. The summed E-state index contributed by atoms with van der Waals surface area (Å²) in [5.41, 5.74) is 0.0677. The molecule has 4 heteroatoms. The number of hydrogen-bond donors (Lipinski definition) is 2. The fourth-order valence-corrected chi connectivity index (χ4v) is 2.71. The second-order valence-electron chi connectivity index (χ2n) is 9.00. The maximum atomic E-state index is 11.6. The van der Waals surface area contributed by atoms with Crippen LogP contribution in [0.25, 0.3) is 0 Å². The Kier molecular flexibility index (Phi) is 24.5. The molecule has 0 fully saturated rings. The number of esters is 1. The zero-order valence-electron chi connectivity index (χ0n) is 19.9. The Balaban J connectivity index is 0. The Morgan fingerprint density at radius 1 is 0.759 bits per heavy atom. The Morgan fingerprint density at radius 2 is 1.21 bits per heavy atom. The Labute approximate surface area is 181 Å². The zero-order chi connectivity index (χ0) is 22.2. The van der Waals surface area contributed by atoms with Crippen molar-refractivity contribution in [1.82, 2.24) is 0 Å². The monoisotopic (exact) mass is 414 g/mol. The van der Waals surface area contributed by atoms with E-state index in [0.29, 0.717) is 13.0 Å². The van der Waals surface area contributed by atoms with Crippen LogP contribution in [0.15, 0.2) is 12.2 Å². The summed E-state index contributed by atoms with van der Waals surface area (Å²) in [5.74, 6) is -0.0347. The summed E-state index contributed by atoms with van der Waals surface area (Å²) < 4.78 is 5.28. The summed E-state index contributed by atoms with van der Waals surface area (Å²) in [6.07, 6.45) is 22.0. The van der Waals surface area contributed by atoms with Gasteiger partial charge in [-0.1, -0.05) is 91.2 Å². The molecule has 0 unspecified atom stereocenters. The number of aliphatic hydroxyl groups excluding tert-OH is 2. The van der Waals surface area contributed by atoms with Crippen molar-refractivity contribution >= 4 is 5.97 Å². The summed E-state index contributed by atoms with van der Waals surface area (Å²) in [6.45, 7) is 8.80. The van der Waals surface area contributed by atoms with Crippen molar-refractivity contribution in [2.45, 2.75) is 118 Å². The van der Waals surface area contributed by atoms with Gasteiger partial charge in [0.2, 0.25) is 0 Å². The summed E-state index contributed by atoms with van der Waals surface area (Å²) in [5, 5.41) is 15.2. The molecule has 0 aliphatic heterocycles. The van der Waals surface area contributed by atoms with Crippen LogP contribution in [0.2, 0.25) is 0 Å². The first-order chi connectivity index (χ1) is 13.9. The molecule has 0 saturated carbocycles. The number of rotatable bonds is 17. The fourth-order valence-electron chi connectivity index (χ4n) is 2.71. The minimum Gasteiger partial charge on any atom is -0.465 e. The summed E-state index contributed by atoms with van der Waals surface area (Å²) in [4.78, 5) is 11.6. The van der Waals surface area contributed by atoms with Crippen LogP contribution in [-0.4, -0.2) is 36.0 Å². The average Bonchev–Trinajstić information content (AvgIpc) is 2.69.